The Balaban J connectivity index is 4.59. The van der Waals surface area contributed by atoms with Crippen molar-refractivity contribution in [1.82, 2.24) is 0 Å². The zero-order valence-electron chi connectivity index (χ0n) is 27.7. The molecule has 0 aliphatic heterocycles. The minimum absolute atomic E-state index is 0.0664. The molecule has 0 spiro atoms. The second-order valence-electron chi connectivity index (χ2n) is 11.1. The third-order valence-corrected chi connectivity index (χ3v) is 7.59. The van der Waals surface area contributed by atoms with Crippen LogP contribution in [0.25, 0.3) is 0 Å². The topological polar surface area (TPSA) is 187 Å². The number of unbranched alkanes of at least 4 members (excludes halogenated alkanes) is 11. The van der Waals surface area contributed by atoms with Crippen molar-refractivity contribution >= 4 is 31.7 Å². The molecule has 2 unspecified atom stereocenters. The molecule has 0 radical (unpaired) electrons. The summed E-state index contributed by atoms with van der Waals surface area (Å²) in [6, 6.07) is 0. The first-order valence-electron chi connectivity index (χ1n) is 16.5. The van der Waals surface area contributed by atoms with Crippen molar-refractivity contribution in [2.75, 3.05) is 33.0 Å². The molecule has 0 rings (SSSR count). The van der Waals surface area contributed by atoms with Gasteiger partial charge in [-0.1, -0.05) is 84.5 Å². The maximum Gasteiger partial charge on any atom is 0.472 e. The molecule has 13 nitrogen and oxygen atoms in total. The maximum atomic E-state index is 12.5. The first-order valence-corrected chi connectivity index (χ1v) is 18.0. The lowest BCUT2D eigenvalue weighted by atomic mass is 10.1. The van der Waals surface area contributed by atoms with Gasteiger partial charge >= 0.3 is 31.7 Å². The molecular weight excluding hydrogens is 609 g/mol. The zero-order valence-corrected chi connectivity index (χ0v) is 28.6. The highest BCUT2D eigenvalue weighted by molar-refractivity contribution is 7.47. The number of carbonyl (C=O) groups excluding carboxylic acids is 4. The Morgan fingerprint density at radius 2 is 1.02 bits per heavy atom. The fraction of sp³-hybridized carbons (Fsp3) is 0.871. The molecular formula is C31H58NO12P. The highest BCUT2D eigenvalue weighted by Crippen LogP contribution is 2.43. The van der Waals surface area contributed by atoms with Crippen LogP contribution in [0.1, 0.15) is 130 Å². The summed E-state index contributed by atoms with van der Waals surface area (Å²) in [5.41, 5.74) is 5.38. The van der Waals surface area contributed by atoms with E-state index < -0.39 is 63.7 Å². The van der Waals surface area contributed by atoms with E-state index >= 15 is 0 Å². The normalized spacial score (nSPS) is 13.8. The zero-order chi connectivity index (χ0) is 33.8. The quantitative estimate of drug-likeness (QED) is 0.0413. The van der Waals surface area contributed by atoms with E-state index in [1.54, 1.807) is 0 Å². The fourth-order valence-corrected chi connectivity index (χ4v) is 4.90. The van der Waals surface area contributed by atoms with Gasteiger partial charge in [-0.2, -0.15) is 0 Å². The van der Waals surface area contributed by atoms with E-state index in [1.807, 2.05) is 6.92 Å². The van der Waals surface area contributed by atoms with Gasteiger partial charge in [-0.15, -0.1) is 0 Å². The number of ether oxygens (including phenoxy) is 4. The fourth-order valence-electron chi connectivity index (χ4n) is 4.12. The van der Waals surface area contributed by atoms with Gasteiger partial charge < -0.3 is 29.6 Å². The average Bonchev–Trinajstić information content (AvgIpc) is 3.00. The molecule has 264 valence electrons. The number of hydrogen-bond acceptors (Lipinski definition) is 12. The molecule has 0 aliphatic rings. The third kappa shape index (κ3) is 27.9. The number of esters is 4. The van der Waals surface area contributed by atoms with Gasteiger partial charge in [0.1, 0.15) is 13.2 Å². The maximum absolute atomic E-state index is 12.5. The second-order valence-corrected chi connectivity index (χ2v) is 12.5. The molecule has 0 heterocycles. The molecule has 14 heteroatoms. The third-order valence-electron chi connectivity index (χ3n) is 6.64. The standard InChI is InChI=1S/C31H58NO12P/c1-4-6-8-9-10-11-12-13-14-15-16-19-29(34)39-22-27(43-26(3)33)24-41-45(37,38)42-25-28(44-31(36)18-7-5-2)23-40-30(35)20-17-21-32/h27-28H,4-25,32H2,1-3H3,(H,37,38)/t27-,28?/m1/s1. The lowest BCUT2D eigenvalue weighted by Gasteiger charge is -2.21. The summed E-state index contributed by atoms with van der Waals surface area (Å²) < 4.78 is 43.0. The van der Waals surface area contributed by atoms with Crippen LogP contribution in [0, 0.1) is 0 Å². The molecule has 0 aromatic rings. The van der Waals surface area contributed by atoms with E-state index in [1.165, 1.54) is 44.9 Å². The molecule has 0 fully saturated rings. The van der Waals surface area contributed by atoms with Crippen LogP contribution in [0.5, 0.6) is 0 Å². The Kier molecular flexibility index (Phi) is 26.9. The van der Waals surface area contributed by atoms with Crippen LogP contribution in [0.3, 0.4) is 0 Å². The van der Waals surface area contributed by atoms with Crippen LogP contribution in [0.15, 0.2) is 0 Å². The summed E-state index contributed by atoms with van der Waals surface area (Å²) in [5, 5.41) is 0. The van der Waals surface area contributed by atoms with Gasteiger partial charge in [0.25, 0.3) is 0 Å². The smallest absolute Gasteiger partial charge is 0.462 e. The van der Waals surface area contributed by atoms with Crippen LogP contribution in [0.4, 0.5) is 0 Å². The highest BCUT2D eigenvalue weighted by atomic mass is 31.2. The van der Waals surface area contributed by atoms with Crippen molar-refractivity contribution in [3.63, 3.8) is 0 Å². The Morgan fingerprint density at radius 1 is 0.600 bits per heavy atom. The van der Waals surface area contributed by atoms with Gasteiger partial charge in [-0.3, -0.25) is 28.2 Å². The monoisotopic (exact) mass is 667 g/mol. The van der Waals surface area contributed by atoms with E-state index in [4.69, 9.17) is 33.7 Å². The first kappa shape index (κ1) is 43.0. The van der Waals surface area contributed by atoms with E-state index in [0.29, 0.717) is 25.8 Å². The van der Waals surface area contributed by atoms with Gasteiger partial charge in [0, 0.05) is 26.2 Å². The van der Waals surface area contributed by atoms with Gasteiger partial charge in [0.05, 0.1) is 13.2 Å². The van der Waals surface area contributed by atoms with Crippen molar-refractivity contribution in [1.29, 1.82) is 0 Å². The molecule has 0 saturated carbocycles. The first-order chi connectivity index (χ1) is 21.5. The summed E-state index contributed by atoms with van der Waals surface area (Å²) in [6.45, 7) is 3.57. The van der Waals surface area contributed by atoms with Gasteiger partial charge in [0.2, 0.25) is 0 Å². The number of hydrogen-bond donors (Lipinski definition) is 2. The van der Waals surface area contributed by atoms with Crippen molar-refractivity contribution in [3.05, 3.63) is 0 Å². The summed E-state index contributed by atoms with van der Waals surface area (Å²) >= 11 is 0. The molecule has 0 aromatic heterocycles. The SMILES string of the molecule is CCCCCCCCCCCCCC(=O)OC[C@H](COP(=O)(O)OCC(COC(=O)CCCN)OC(=O)CCCC)OC(C)=O. The molecule has 0 aliphatic carbocycles. The molecule has 0 bridgehead atoms. The predicted molar refractivity (Wildman–Crippen MR) is 168 cm³/mol. The Bertz CT molecular complexity index is 856. The van der Waals surface area contributed by atoms with E-state index in [-0.39, 0.29) is 25.9 Å². The number of rotatable bonds is 30. The van der Waals surface area contributed by atoms with Crippen LogP contribution < -0.4 is 5.73 Å². The Labute approximate surface area is 269 Å². The van der Waals surface area contributed by atoms with E-state index in [9.17, 15) is 28.6 Å². The molecule has 0 amide bonds. The number of phosphoric acid groups is 1. The summed E-state index contributed by atoms with van der Waals surface area (Å²) in [4.78, 5) is 57.8. The van der Waals surface area contributed by atoms with Crippen LogP contribution >= 0.6 is 7.82 Å². The minimum atomic E-state index is -4.74. The van der Waals surface area contributed by atoms with Crippen molar-refractivity contribution in [3.8, 4) is 0 Å². The number of nitrogens with two attached hydrogens (primary N) is 1. The largest absolute Gasteiger partial charge is 0.472 e. The molecule has 3 atom stereocenters. The van der Waals surface area contributed by atoms with Crippen LogP contribution in [0.2, 0.25) is 0 Å². The molecule has 0 saturated heterocycles. The van der Waals surface area contributed by atoms with E-state index in [0.717, 1.165) is 32.6 Å². The number of phosphoric ester groups is 1. The molecule has 45 heavy (non-hydrogen) atoms. The van der Waals surface area contributed by atoms with Gasteiger partial charge in [-0.25, -0.2) is 4.57 Å². The number of carbonyl (C=O) groups is 4. The average molecular weight is 668 g/mol. The predicted octanol–water partition coefficient (Wildman–Crippen LogP) is 5.68. The Morgan fingerprint density at radius 3 is 1.49 bits per heavy atom. The molecule has 0 aromatic carbocycles. The van der Waals surface area contributed by atoms with Gasteiger partial charge in [0.15, 0.2) is 12.2 Å². The molecule has 3 N–H and O–H groups in total. The Hall–Kier alpha value is -2.05. The summed E-state index contributed by atoms with van der Waals surface area (Å²) in [5.74, 6) is -2.32. The van der Waals surface area contributed by atoms with Crippen LogP contribution in [-0.2, 0) is 51.7 Å². The van der Waals surface area contributed by atoms with Crippen LogP contribution in [-0.4, -0.2) is 74.0 Å². The van der Waals surface area contributed by atoms with E-state index in [2.05, 4.69) is 6.92 Å². The van der Waals surface area contributed by atoms with Crippen molar-refractivity contribution < 1.29 is 56.6 Å². The highest BCUT2D eigenvalue weighted by Gasteiger charge is 2.28. The minimum Gasteiger partial charge on any atom is -0.462 e. The van der Waals surface area contributed by atoms with Gasteiger partial charge in [-0.05, 0) is 25.8 Å². The lowest BCUT2D eigenvalue weighted by molar-refractivity contribution is -0.161. The van der Waals surface area contributed by atoms with Crippen molar-refractivity contribution in [2.45, 2.75) is 142 Å². The van der Waals surface area contributed by atoms with Crippen molar-refractivity contribution in [2.24, 2.45) is 5.73 Å². The summed E-state index contributed by atoms with van der Waals surface area (Å²) in [6.07, 6.45) is 12.5. The lowest BCUT2D eigenvalue weighted by Crippen LogP contribution is -2.30. The second kappa shape index (κ2) is 28.2. The summed E-state index contributed by atoms with van der Waals surface area (Å²) in [7, 11) is -4.74.